The lowest BCUT2D eigenvalue weighted by Crippen LogP contribution is -2.13. The third-order valence-corrected chi connectivity index (χ3v) is 5.70. The lowest BCUT2D eigenvalue weighted by molar-refractivity contribution is -0.113. The van der Waals surface area contributed by atoms with Crippen LogP contribution in [0.25, 0.3) is 10.9 Å². The van der Waals surface area contributed by atoms with Crippen LogP contribution < -0.4 is 10.1 Å². The highest BCUT2D eigenvalue weighted by molar-refractivity contribution is 8.00. The van der Waals surface area contributed by atoms with E-state index in [9.17, 15) is 4.79 Å². The number of ether oxygens (including phenoxy) is 1. The molecule has 0 saturated carbocycles. The molecule has 3 aromatic carbocycles. The predicted molar refractivity (Wildman–Crippen MR) is 120 cm³/mol. The molecule has 0 atom stereocenters. The van der Waals surface area contributed by atoms with Gasteiger partial charge in [-0.2, -0.15) is 0 Å². The Kier molecular flexibility index (Phi) is 5.86. The quantitative estimate of drug-likeness (QED) is 0.419. The number of hydrogen-bond donors (Lipinski definition) is 1. The summed E-state index contributed by atoms with van der Waals surface area (Å²) in [4.78, 5) is 13.5. The van der Waals surface area contributed by atoms with Crippen molar-refractivity contribution in [1.82, 2.24) is 4.57 Å². The Labute approximate surface area is 174 Å². The van der Waals surface area contributed by atoms with Gasteiger partial charge < -0.3 is 14.6 Å². The van der Waals surface area contributed by atoms with Gasteiger partial charge in [-0.3, -0.25) is 4.79 Å². The third kappa shape index (κ3) is 4.63. The number of benzene rings is 3. The van der Waals surface area contributed by atoms with Gasteiger partial charge in [-0.1, -0.05) is 54.6 Å². The smallest absolute Gasteiger partial charge is 0.234 e. The van der Waals surface area contributed by atoms with Crippen molar-refractivity contribution in [3.63, 3.8) is 0 Å². The van der Waals surface area contributed by atoms with Crippen LogP contribution in [0.15, 0.2) is 90.0 Å². The predicted octanol–water partition coefficient (Wildman–Crippen LogP) is 5.43. The number of anilines is 1. The Bertz CT molecular complexity index is 1120. The van der Waals surface area contributed by atoms with Crippen LogP contribution in [0.4, 0.5) is 5.69 Å². The van der Waals surface area contributed by atoms with Gasteiger partial charge >= 0.3 is 0 Å². The Balaban J connectivity index is 1.48. The maximum Gasteiger partial charge on any atom is 0.234 e. The number of thioether (sulfide) groups is 1. The summed E-state index contributed by atoms with van der Waals surface area (Å²) in [5.74, 6) is 1.03. The van der Waals surface area contributed by atoms with Crippen molar-refractivity contribution in [1.29, 1.82) is 0 Å². The number of para-hydroxylation sites is 1. The number of carbonyl (C=O) groups is 1. The van der Waals surface area contributed by atoms with E-state index in [1.165, 1.54) is 16.5 Å². The molecule has 0 saturated heterocycles. The Morgan fingerprint density at radius 2 is 1.79 bits per heavy atom. The first-order valence-corrected chi connectivity index (χ1v) is 10.4. The van der Waals surface area contributed by atoms with Crippen molar-refractivity contribution in [2.24, 2.45) is 0 Å². The van der Waals surface area contributed by atoms with Gasteiger partial charge in [0.25, 0.3) is 0 Å². The molecule has 0 radical (unpaired) electrons. The molecule has 0 aliphatic rings. The molecule has 0 spiro atoms. The molecule has 4 aromatic rings. The average molecular weight is 403 g/mol. The molecule has 4 nitrogen and oxygen atoms in total. The second kappa shape index (κ2) is 8.88. The van der Waals surface area contributed by atoms with Crippen LogP contribution in [0.5, 0.6) is 5.75 Å². The zero-order chi connectivity index (χ0) is 20.1. The Morgan fingerprint density at radius 3 is 2.62 bits per heavy atom. The van der Waals surface area contributed by atoms with Crippen molar-refractivity contribution >= 4 is 34.3 Å². The number of rotatable bonds is 7. The molecule has 0 unspecified atom stereocenters. The monoisotopic (exact) mass is 402 g/mol. The summed E-state index contributed by atoms with van der Waals surface area (Å²) in [5.41, 5.74) is 3.16. The van der Waals surface area contributed by atoms with Gasteiger partial charge in [-0.15, -0.1) is 11.8 Å². The van der Waals surface area contributed by atoms with Crippen LogP contribution in [0.1, 0.15) is 5.56 Å². The van der Waals surface area contributed by atoms with Gasteiger partial charge in [0.2, 0.25) is 5.91 Å². The van der Waals surface area contributed by atoms with Gasteiger partial charge in [0.15, 0.2) is 0 Å². The summed E-state index contributed by atoms with van der Waals surface area (Å²) in [6, 6.07) is 26.1. The molecule has 1 aromatic heterocycles. The van der Waals surface area contributed by atoms with E-state index in [4.69, 9.17) is 4.74 Å². The molecule has 1 heterocycles. The van der Waals surface area contributed by atoms with Crippen molar-refractivity contribution in [3.8, 4) is 5.75 Å². The number of nitrogens with zero attached hydrogens (tertiary/aromatic N) is 1. The molecule has 0 bridgehead atoms. The number of nitrogens with one attached hydrogen (secondary N) is 1. The van der Waals surface area contributed by atoms with Gasteiger partial charge in [-0.25, -0.2) is 0 Å². The molecule has 29 heavy (non-hydrogen) atoms. The summed E-state index contributed by atoms with van der Waals surface area (Å²) in [6.07, 6.45) is 2.14. The molecule has 4 rings (SSSR count). The van der Waals surface area contributed by atoms with Crippen LogP contribution in [0.2, 0.25) is 0 Å². The molecule has 0 aliphatic carbocycles. The number of hydrogen-bond acceptors (Lipinski definition) is 3. The van der Waals surface area contributed by atoms with Crippen LogP contribution in [0, 0.1) is 0 Å². The summed E-state index contributed by atoms with van der Waals surface area (Å²) in [6.45, 7) is 0.803. The number of aromatic nitrogens is 1. The minimum atomic E-state index is -0.0388. The summed E-state index contributed by atoms with van der Waals surface area (Å²) >= 11 is 1.55. The minimum absolute atomic E-state index is 0.0388. The Morgan fingerprint density at radius 1 is 1.00 bits per heavy atom. The fourth-order valence-electron chi connectivity index (χ4n) is 3.28. The van der Waals surface area contributed by atoms with E-state index in [0.717, 1.165) is 22.9 Å². The highest BCUT2D eigenvalue weighted by Crippen LogP contribution is 2.30. The van der Waals surface area contributed by atoms with Crippen molar-refractivity contribution in [2.75, 3.05) is 18.2 Å². The van der Waals surface area contributed by atoms with Crippen LogP contribution in [-0.4, -0.2) is 23.3 Å². The molecule has 0 fully saturated rings. The van der Waals surface area contributed by atoms with Crippen molar-refractivity contribution < 1.29 is 9.53 Å². The number of carbonyl (C=O) groups excluding carboxylic acids is 1. The number of fused-ring (bicyclic) bond motifs is 1. The minimum Gasteiger partial charge on any atom is -0.497 e. The first kappa shape index (κ1) is 19.2. The molecule has 0 aliphatic heterocycles. The van der Waals surface area contributed by atoms with Crippen LogP contribution in [0.3, 0.4) is 0 Å². The fourth-order valence-corrected chi connectivity index (χ4v) is 4.17. The zero-order valence-electron chi connectivity index (χ0n) is 16.2. The second-order valence-corrected chi connectivity index (χ2v) is 7.71. The highest BCUT2D eigenvalue weighted by atomic mass is 32.2. The van der Waals surface area contributed by atoms with E-state index in [1.54, 1.807) is 18.9 Å². The molecule has 1 amide bonds. The number of methoxy groups -OCH3 is 1. The molecule has 146 valence electrons. The highest BCUT2D eigenvalue weighted by Gasteiger charge is 2.11. The van der Waals surface area contributed by atoms with E-state index in [0.29, 0.717) is 5.75 Å². The van der Waals surface area contributed by atoms with E-state index >= 15 is 0 Å². The first-order chi connectivity index (χ1) is 14.2. The van der Waals surface area contributed by atoms with E-state index in [1.807, 2.05) is 42.5 Å². The second-order valence-electron chi connectivity index (χ2n) is 6.69. The van der Waals surface area contributed by atoms with E-state index in [-0.39, 0.29) is 5.91 Å². The van der Waals surface area contributed by atoms with Gasteiger partial charge in [0, 0.05) is 40.3 Å². The van der Waals surface area contributed by atoms with Crippen molar-refractivity contribution in [3.05, 3.63) is 90.6 Å². The summed E-state index contributed by atoms with van der Waals surface area (Å²) in [5, 5.41) is 4.10. The van der Waals surface area contributed by atoms with Gasteiger partial charge in [0.1, 0.15) is 5.75 Å². The maximum absolute atomic E-state index is 12.4. The molecule has 5 heteroatoms. The standard InChI is InChI=1S/C24H22N2O2S/c1-28-20-11-7-10-19(14-20)25-24(27)17-29-23-16-26(15-18-8-3-2-4-9-18)22-13-6-5-12-21(22)23/h2-14,16H,15,17H2,1H3,(H,25,27). The maximum atomic E-state index is 12.4. The molecular formula is C24H22N2O2S. The lowest BCUT2D eigenvalue weighted by Gasteiger charge is -2.06. The largest absolute Gasteiger partial charge is 0.497 e. The van der Waals surface area contributed by atoms with E-state index < -0.39 is 0 Å². The normalized spacial score (nSPS) is 10.8. The summed E-state index contributed by atoms with van der Waals surface area (Å²) < 4.78 is 7.45. The topological polar surface area (TPSA) is 43.3 Å². The van der Waals surface area contributed by atoms with Crippen LogP contribution >= 0.6 is 11.8 Å². The average Bonchev–Trinajstić information content (AvgIpc) is 3.11. The van der Waals surface area contributed by atoms with E-state index in [2.05, 4.69) is 52.5 Å². The number of amides is 1. The third-order valence-electron chi connectivity index (χ3n) is 4.66. The molecular weight excluding hydrogens is 380 g/mol. The SMILES string of the molecule is COc1cccc(NC(=O)CSc2cn(Cc3ccccc3)c3ccccc23)c1. The molecule has 1 N–H and O–H groups in total. The van der Waals surface area contributed by atoms with Gasteiger partial charge in [0.05, 0.1) is 12.9 Å². The zero-order valence-corrected chi connectivity index (χ0v) is 17.0. The lowest BCUT2D eigenvalue weighted by atomic mass is 10.2. The summed E-state index contributed by atoms with van der Waals surface area (Å²) in [7, 11) is 1.61. The van der Waals surface area contributed by atoms with Gasteiger partial charge in [-0.05, 0) is 23.8 Å². The first-order valence-electron chi connectivity index (χ1n) is 9.41. The van der Waals surface area contributed by atoms with Crippen LogP contribution in [-0.2, 0) is 11.3 Å². The fraction of sp³-hybridized carbons (Fsp3) is 0.125. The van der Waals surface area contributed by atoms with Crippen molar-refractivity contribution in [2.45, 2.75) is 11.4 Å². The Hall–Kier alpha value is -3.18.